The average Bonchev–Trinajstić information content (AvgIpc) is 2.65. The summed E-state index contributed by atoms with van der Waals surface area (Å²) < 4.78 is 0. The molecule has 3 aromatic rings. The molecule has 0 aliphatic heterocycles. The third-order valence-electron chi connectivity index (χ3n) is 4.22. The molecule has 2 N–H and O–H groups in total. The van der Waals surface area contributed by atoms with E-state index in [0.717, 1.165) is 22.5 Å². The monoisotopic (exact) mass is 359 g/mol. The summed E-state index contributed by atoms with van der Waals surface area (Å²) in [5.41, 5.74) is 5.49. The first-order valence-electron chi connectivity index (χ1n) is 8.64. The van der Waals surface area contributed by atoms with Gasteiger partial charge in [-0.15, -0.1) is 0 Å². The zero-order chi connectivity index (χ0) is 19.4. The van der Waals surface area contributed by atoms with Gasteiger partial charge < -0.3 is 10.6 Å². The number of ketones is 1. The van der Waals surface area contributed by atoms with Crippen LogP contribution in [0.3, 0.4) is 0 Å². The van der Waals surface area contributed by atoms with Crippen LogP contribution >= 0.6 is 0 Å². The lowest BCUT2D eigenvalue weighted by Gasteiger charge is -2.11. The fourth-order valence-electron chi connectivity index (χ4n) is 2.65. The van der Waals surface area contributed by atoms with Crippen LogP contribution in [0.5, 0.6) is 0 Å². The first kappa shape index (κ1) is 18.3. The van der Waals surface area contributed by atoms with E-state index in [1.807, 2.05) is 44.2 Å². The molecule has 0 unspecified atom stereocenters. The summed E-state index contributed by atoms with van der Waals surface area (Å²) in [4.78, 5) is 28.1. The minimum Gasteiger partial charge on any atom is -0.354 e. The number of anilines is 3. The molecule has 2 aromatic carbocycles. The van der Waals surface area contributed by atoms with Crippen molar-refractivity contribution < 1.29 is 9.59 Å². The van der Waals surface area contributed by atoms with Crippen LogP contribution in [0.2, 0.25) is 0 Å². The number of nitrogens with zero attached hydrogens (tertiary/aromatic N) is 1. The Morgan fingerprint density at radius 2 is 1.59 bits per heavy atom. The second-order valence-corrected chi connectivity index (χ2v) is 6.49. The highest BCUT2D eigenvalue weighted by atomic mass is 16.1. The number of amides is 1. The van der Waals surface area contributed by atoms with E-state index in [-0.39, 0.29) is 11.7 Å². The second kappa shape index (κ2) is 7.83. The third-order valence-corrected chi connectivity index (χ3v) is 4.22. The van der Waals surface area contributed by atoms with Gasteiger partial charge in [0.25, 0.3) is 5.91 Å². The summed E-state index contributed by atoms with van der Waals surface area (Å²) in [6.45, 7) is 5.47. The van der Waals surface area contributed by atoms with E-state index in [0.29, 0.717) is 16.8 Å². The molecule has 5 heteroatoms. The van der Waals surface area contributed by atoms with Crippen molar-refractivity contribution in [2.75, 3.05) is 10.6 Å². The predicted octanol–water partition coefficient (Wildman–Crippen LogP) is 4.90. The Bertz CT molecular complexity index is 995. The van der Waals surface area contributed by atoms with Crippen molar-refractivity contribution in [3.63, 3.8) is 0 Å². The van der Waals surface area contributed by atoms with Crippen molar-refractivity contribution in [2.45, 2.75) is 20.8 Å². The summed E-state index contributed by atoms with van der Waals surface area (Å²) in [7, 11) is 0. The van der Waals surface area contributed by atoms with E-state index < -0.39 is 0 Å². The SMILES string of the molecule is CC(=O)c1ccc(Nc2cncc(C(=O)Nc3cc(C)ccc3C)c2)cc1. The van der Waals surface area contributed by atoms with Crippen LogP contribution in [0.1, 0.15) is 38.8 Å². The molecule has 0 saturated carbocycles. The molecular weight excluding hydrogens is 338 g/mol. The maximum absolute atomic E-state index is 12.6. The number of carbonyl (C=O) groups is 2. The molecular formula is C22H21N3O2. The van der Waals surface area contributed by atoms with Crippen LogP contribution in [0.4, 0.5) is 17.1 Å². The maximum Gasteiger partial charge on any atom is 0.257 e. The first-order valence-corrected chi connectivity index (χ1v) is 8.64. The predicted molar refractivity (Wildman–Crippen MR) is 108 cm³/mol. The molecule has 0 saturated heterocycles. The molecule has 1 heterocycles. The molecule has 0 spiro atoms. The minimum atomic E-state index is -0.216. The van der Waals surface area contributed by atoms with Crippen molar-refractivity contribution in [1.82, 2.24) is 4.98 Å². The molecule has 3 rings (SSSR count). The maximum atomic E-state index is 12.6. The van der Waals surface area contributed by atoms with E-state index in [1.165, 1.54) is 13.1 Å². The van der Waals surface area contributed by atoms with Crippen LogP contribution in [0.15, 0.2) is 60.9 Å². The summed E-state index contributed by atoms with van der Waals surface area (Å²) in [6, 6.07) is 14.8. The average molecular weight is 359 g/mol. The number of nitrogens with one attached hydrogen (secondary N) is 2. The Labute approximate surface area is 158 Å². The lowest BCUT2D eigenvalue weighted by Crippen LogP contribution is -2.13. The van der Waals surface area contributed by atoms with Gasteiger partial charge in [-0.1, -0.05) is 12.1 Å². The van der Waals surface area contributed by atoms with Gasteiger partial charge >= 0.3 is 0 Å². The second-order valence-electron chi connectivity index (χ2n) is 6.49. The molecule has 0 radical (unpaired) electrons. The molecule has 0 bridgehead atoms. The number of pyridine rings is 1. The number of benzene rings is 2. The van der Waals surface area contributed by atoms with Crippen molar-refractivity contribution in [3.8, 4) is 0 Å². The van der Waals surface area contributed by atoms with Gasteiger partial charge in [0.15, 0.2) is 5.78 Å². The lowest BCUT2D eigenvalue weighted by atomic mass is 10.1. The molecule has 0 atom stereocenters. The van der Waals surface area contributed by atoms with Crippen molar-refractivity contribution in [2.24, 2.45) is 0 Å². The van der Waals surface area contributed by atoms with Gasteiger partial charge in [-0.05, 0) is 68.3 Å². The Kier molecular flexibility index (Phi) is 5.31. The zero-order valence-corrected chi connectivity index (χ0v) is 15.5. The van der Waals surface area contributed by atoms with Gasteiger partial charge in [0.1, 0.15) is 0 Å². The largest absolute Gasteiger partial charge is 0.354 e. The van der Waals surface area contributed by atoms with Gasteiger partial charge in [0, 0.05) is 23.1 Å². The Balaban J connectivity index is 1.75. The molecule has 0 fully saturated rings. The zero-order valence-electron chi connectivity index (χ0n) is 15.5. The van der Waals surface area contributed by atoms with Crippen LogP contribution in [0.25, 0.3) is 0 Å². The van der Waals surface area contributed by atoms with Crippen LogP contribution < -0.4 is 10.6 Å². The highest BCUT2D eigenvalue weighted by Crippen LogP contribution is 2.20. The number of carbonyl (C=O) groups excluding carboxylic acids is 2. The van der Waals surface area contributed by atoms with Gasteiger partial charge in [-0.3, -0.25) is 14.6 Å². The van der Waals surface area contributed by atoms with Gasteiger partial charge in [0.2, 0.25) is 0 Å². The van der Waals surface area contributed by atoms with Crippen LogP contribution in [0, 0.1) is 13.8 Å². The minimum absolute atomic E-state index is 0.0216. The molecule has 27 heavy (non-hydrogen) atoms. The van der Waals surface area contributed by atoms with Crippen molar-refractivity contribution >= 4 is 28.8 Å². The van der Waals surface area contributed by atoms with Crippen LogP contribution in [-0.2, 0) is 0 Å². The fraction of sp³-hybridized carbons (Fsp3) is 0.136. The molecule has 0 aliphatic carbocycles. The highest BCUT2D eigenvalue weighted by molar-refractivity contribution is 6.05. The van der Waals surface area contributed by atoms with E-state index in [2.05, 4.69) is 15.6 Å². The number of hydrogen-bond acceptors (Lipinski definition) is 4. The Morgan fingerprint density at radius 1 is 0.852 bits per heavy atom. The molecule has 5 nitrogen and oxygen atoms in total. The summed E-state index contributed by atoms with van der Waals surface area (Å²) >= 11 is 0. The number of rotatable bonds is 5. The van der Waals surface area contributed by atoms with Gasteiger partial charge in [0.05, 0.1) is 17.4 Å². The molecule has 1 amide bonds. The number of hydrogen-bond donors (Lipinski definition) is 2. The van der Waals surface area contributed by atoms with E-state index in [4.69, 9.17) is 0 Å². The topological polar surface area (TPSA) is 71.1 Å². The number of Topliss-reactive ketones (excluding diaryl/α,β-unsaturated/α-hetero) is 1. The number of aryl methyl sites for hydroxylation is 2. The molecule has 1 aromatic heterocycles. The van der Waals surface area contributed by atoms with E-state index >= 15 is 0 Å². The lowest BCUT2D eigenvalue weighted by molar-refractivity contribution is 0.101. The highest BCUT2D eigenvalue weighted by Gasteiger charge is 2.10. The van der Waals surface area contributed by atoms with E-state index in [1.54, 1.807) is 24.4 Å². The van der Waals surface area contributed by atoms with Crippen LogP contribution in [-0.4, -0.2) is 16.7 Å². The Morgan fingerprint density at radius 3 is 2.30 bits per heavy atom. The van der Waals surface area contributed by atoms with Crippen molar-refractivity contribution in [1.29, 1.82) is 0 Å². The quantitative estimate of drug-likeness (QED) is 0.636. The fourth-order valence-corrected chi connectivity index (χ4v) is 2.65. The van der Waals surface area contributed by atoms with Gasteiger partial charge in [-0.2, -0.15) is 0 Å². The third kappa shape index (κ3) is 4.58. The van der Waals surface area contributed by atoms with E-state index in [9.17, 15) is 9.59 Å². The molecule has 136 valence electrons. The standard InChI is InChI=1S/C22H21N3O2/c1-14-4-5-15(2)21(10-14)25-22(27)18-11-20(13-23-12-18)24-19-8-6-17(7-9-19)16(3)26/h4-13,24H,1-3H3,(H,25,27). The van der Waals surface area contributed by atoms with Crippen molar-refractivity contribution in [3.05, 3.63) is 83.2 Å². The summed E-state index contributed by atoms with van der Waals surface area (Å²) in [5.74, 6) is -0.194. The normalized spacial score (nSPS) is 10.3. The first-order chi connectivity index (χ1) is 12.9. The van der Waals surface area contributed by atoms with Gasteiger partial charge in [-0.25, -0.2) is 0 Å². The Hall–Kier alpha value is -3.47. The summed E-state index contributed by atoms with van der Waals surface area (Å²) in [5, 5.41) is 6.13. The molecule has 0 aliphatic rings. The smallest absolute Gasteiger partial charge is 0.257 e. The number of aromatic nitrogens is 1. The summed E-state index contributed by atoms with van der Waals surface area (Å²) in [6.07, 6.45) is 3.18.